The highest BCUT2D eigenvalue weighted by Gasteiger charge is 2.39. The molecule has 12 heteroatoms. The number of benzene rings is 1. The Labute approximate surface area is 184 Å². The molecular weight excluding hydrogens is 445 g/mol. The fourth-order valence-corrected chi connectivity index (χ4v) is 3.08. The second-order valence-corrected chi connectivity index (χ2v) is 7.02. The summed E-state index contributed by atoms with van der Waals surface area (Å²) in [6, 6.07) is 5.98. The number of esters is 1. The van der Waals surface area contributed by atoms with Crippen LogP contribution in [0.15, 0.2) is 47.3 Å². The van der Waals surface area contributed by atoms with E-state index in [4.69, 9.17) is 9.15 Å². The predicted octanol–water partition coefficient (Wildman–Crippen LogP) is 3.52. The van der Waals surface area contributed by atoms with E-state index in [-0.39, 0.29) is 34.8 Å². The van der Waals surface area contributed by atoms with Gasteiger partial charge in [0.1, 0.15) is 28.2 Å². The van der Waals surface area contributed by atoms with E-state index >= 15 is 0 Å². The molecule has 1 aromatic carbocycles. The largest absolute Gasteiger partial charge is 0.497 e. The Morgan fingerprint density at radius 2 is 2.03 bits per heavy atom. The molecule has 3 aromatic heterocycles. The molecule has 0 spiro atoms. The summed E-state index contributed by atoms with van der Waals surface area (Å²) in [5.41, 5.74) is 0.397. The quantitative estimate of drug-likeness (QED) is 0.437. The molecule has 3 heterocycles. The molecule has 4 rings (SSSR count). The molecule has 0 saturated heterocycles. The van der Waals surface area contributed by atoms with Crippen LogP contribution in [0.5, 0.6) is 5.75 Å². The molecule has 0 aliphatic heterocycles. The molecule has 0 aliphatic rings. The Hall–Kier alpha value is -4.09. The fourth-order valence-electron chi connectivity index (χ4n) is 3.08. The minimum absolute atomic E-state index is 0.0112. The summed E-state index contributed by atoms with van der Waals surface area (Å²) < 4.78 is 55.2. The molecule has 1 atom stereocenters. The highest BCUT2D eigenvalue weighted by molar-refractivity contribution is 6.03. The number of ether oxygens (including phenoxy) is 2. The van der Waals surface area contributed by atoms with E-state index in [2.05, 4.69) is 20.1 Å². The van der Waals surface area contributed by atoms with Gasteiger partial charge in [-0.2, -0.15) is 18.3 Å². The van der Waals surface area contributed by atoms with Crippen molar-refractivity contribution in [3.05, 3.63) is 59.7 Å². The standard InChI is InChI=1S/C21H17F3N4O5/c1-11(21(22,23)24)32-20(30)15-8-13(31-2)6-12-7-14(33-17(12)15)9-26-19(29)16-10-27-28-5-3-4-25-18(16)28/h3-8,10-11H,9H2,1-2H3,(H,26,29). The number of methoxy groups -OCH3 is 1. The molecule has 4 aromatic rings. The summed E-state index contributed by atoms with van der Waals surface area (Å²) in [6.45, 7) is 0.668. The van der Waals surface area contributed by atoms with Gasteiger partial charge in [0.15, 0.2) is 11.8 Å². The highest BCUT2D eigenvalue weighted by Crippen LogP contribution is 2.31. The number of halogens is 3. The second kappa shape index (κ2) is 8.45. The molecule has 1 N–H and O–H groups in total. The maximum Gasteiger partial charge on any atom is 0.425 e. The third-order valence-corrected chi connectivity index (χ3v) is 4.79. The first-order chi connectivity index (χ1) is 15.7. The van der Waals surface area contributed by atoms with Crippen LogP contribution in [-0.2, 0) is 11.3 Å². The molecule has 0 saturated carbocycles. The lowest BCUT2D eigenvalue weighted by Gasteiger charge is -2.16. The van der Waals surface area contributed by atoms with E-state index in [0.717, 1.165) is 6.92 Å². The van der Waals surface area contributed by atoms with Gasteiger partial charge in [-0.1, -0.05) is 0 Å². The van der Waals surface area contributed by atoms with Gasteiger partial charge in [0.2, 0.25) is 0 Å². The van der Waals surface area contributed by atoms with Gasteiger partial charge >= 0.3 is 12.1 Å². The van der Waals surface area contributed by atoms with Gasteiger partial charge in [-0.3, -0.25) is 4.79 Å². The normalized spacial score (nSPS) is 12.6. The van der Waals surface area contributed by atoms with E-state index in [0.29, 0.717) is 11.0 Å². The van der Waals surface area contributed by atoms with Crippen molar-refractivity contribution in [2.45, 2.75) is 25.7 Å². The summed E-state index contributed by atoms with van der Waals surface area (Å²) >= 11 is 0. The molecule has 1 amide bonds. The number of rotatable bonds is 6. The summed E-state index contributed by atoms with van der Waals surface area (Å²) in [5, 5.41) is 7.10. The first kappa shape index (κ1) is 22.1. The monoisotopic (exact) mass is 462 g/mol. The van der Waals surface area contributed by atoms with Crippen molar-refractivity contribution in [2.24, 2.45) is 0 Å². The number of alkyl halides is 3. The van der Waals surface area contributed by atoms with Crippen molar-refractivity contribution < 1.29 is 36.7 Å². The number of nitrogens with one attached hydrogen (secondary N) is 1. The molecular formula is C21H17F3N4O5. The molecule has 33 heavy (non-hydrogen) atoms. The van der Waals surface area contributed by atoms with Crippen molar-refractivity contribution in [3.63, 3.8) is 0 Å². The summed E-state index contributed by atoms with van der Waals surface area (Å²) in [5.74, 6) is -1.19. The summed E-state index contributed by atoms with van der Waals surface area (Å²) in [4.78, 5) is 29.1. The van der Waals surface area contributed by atoms with Crippen LogP contribution < -0.4 is 10.1 Å². The van der Waals surface area contributed by atoms with Gasteiger partial charge in [-0.05, 0) is 31.2 Å². The van der Waals surface area contributed by atoms with E-state index < -0.39 is 24.2 Å². The fraction of sp³-hybridized carbons (Fsp3) is 0.238. The SMILES string of the molecule is COc1cc(C(=O)OC(C)C(F)(F)F)c2oc(CNC(=O)c3cnn4cccnc34)cc2c1. The Balaban J connectivity index is 1.57. The number of carbonyl (C=O) groups excluding carboxylic acids is 2. The number of hydrogen-bond acceptors (Lipinski definition) is 7. The number of nitrogens with zero attached hydrogens (tertiary/aromatic N) is 3. The van der Waals surface area contributed by atoms with Crippen LogP contribution in [0.4, 0.5) is 13.2 Å². The molecule has 0 aliphatic carbocycles. The molecule has 0 fully saturated rings. The van der Waals surface area contributed by atoms with E-state index in [1.807, 2.05) is 0 Å². The minimum Gasteiger partial charge on any atom is -0.497 e. The van der Waals surface area contributed by atoms with Crippen LogP contribution >= 0.6 is 0 Å². The number of aromatic nitrogens is 3. The zero-order chi connectivity index (χ0) is 23.8. The van der Waals surface area contributed by atoms with Crippen molar-refractivity contribution in [1.29, 1.82) is 0 Å². The number of amides is 1. The maximum atomic E-state index is 12.8. The zero-order valence-electron chi connectivity index (χ0n) is 17.3. The average Bonchev–Trinajstić information content (AvgIpc) is 3.39. The Morgan fingerprint density at radius 1 is 1.24 bits per heavy atom. The molecule has 0 radical (unpaired) electrons. The molecule has 1 unspecified atom stereocenters. The first-order valence-corrected chi connectivity index (χ1v) is 9.62. The number of fused-ring (bicyclic) bond motifs is 2. The highest BCUT2D eigenvalue weighted by atomic mass is 19.4. The van der Waals surface area contributed by atoms with Crippen LogP contribution in [0.2, 0.25) is 0 Å². The van der Waals surface area contributed by atoms with Gasteiger partial charge in [0.25, 0.3) is 5.91 Å². The van der Waals surface area contributed by atoms with E-state index in [9.17, 15) is 22.8 Å². The van der Waals surface area contributed by atoms with Crippen molar-refractivity contribution in [1.82, 2.24) is 19.9 Å². The van der Waals surface area contributed by atoms with Crippen LogP contribution in [0, 0.1) is 0 Å². The van der Waals surface area contributed by atoms with Crippen LogP contribution in [0.1, 0.15) is 33.4 Å². The van der Waals surface area contributed by atoms with Crippen molar-refractivity contribution >= 4 is 28.5 Å². The van der Waals surface area contributed by atoms with Gasteiger partial charge in [0.05, 0.1) is 19.9 Å². The smallest absolute Gasteiger partial charge is 0.425 e. The number of hydrogen-bond donors (Lipinski definition) is 1. The lowest BCUT2D eigenvalue weighted by Crippen LogP contribution is -2.30. The predicted molar refractivity (Wildman–Crippen MR) is 108 cm³/mol. The number of carbonyl (C=O) groups is 2. The Morgan fingerprint density at radius 3 is 2.76 bits per heavy atom. The van der Waals surface area contributed by atoms with Crippen LogP contribution in [0.3, 0.4) is 0 Å². The van der Waals surface area contributed by atoms with E-state index in [1.165, 1.54) is 36.2 Å². The Bertz CT molecular complexity index is 1340. The minimum atomic E-state index is -4.71. The lowest BCUT2D eigenvalue weighted by atomic mass is 10.1. The molecule has 0 bridgehead atoms. The van der Waals surface area contributed by atoms with Crippen LogP contribution in [0.25, 0.3) is 16.6 Å². The van der Waals surface area contributed by atoms with Gasteiger partial charge in [-0.15, -0.1) is 0 Å². The first-order valence-electron chi connectivity index (χ1n) is 9.62. The van der Waals surface area contributed by atoms with Gasteiger partial charge in [0, 0.05) is 17.8 Å². The third-order valence-electron chi connectivity index (χ3n) is 4.79. The van der Waals surface area contributed by atoms with E-state index in [1.54, 1.807) is 18.3 Å². The maximum absolute atomic E-state index is 12.8. The lowest BCUT2D eigenvalue weighted by molar-refractivity contribution is -0.198. The van der Waals surface area contributed by atoms with Gasteiger partial charge < -0.3 is 19.2 Å². The topological polar surface area (TPSA) is 108 Å². The third kappa shape index (κ3) is 4.45. The molecule has 172 valence electrons. The zero-order valence-corrected chi connectivity index (χ0v) is 17.3. The number of furan rings is 1. The van der Waals surface area contributed by atoms with Crippen molar-refractivity contribution in [3.8, 4) is 5.75 Å². The second-order valence-electron chi connectivity index (χ2n) is 7.02. The molecule has 9 nitrogen and oxygen atoms in total. The summed E-state index contributed by atoms with van der Waals surface area (Å²) in [6.07, 6.45) is -2.47. The van der Waals surface area contributed by atoms with Crippen LogP contribution in [-0.4, -0.2) is 45.9 Å². The summed E-state index contributed by atoms with van der Waals surface area (Å²) in [7, 11) is 1.35. The Kier molecular flexibility index (Phi) is 5.66. The van der Waals surface area contributed by atoms with Gasteiger partial charge in [-0.25, -0.2) is 14.3 Å². The average molecular weight is 462 g/mol. The van der Waals surface area contributed by atoms with Crippen molar-refractivity contribution in [2.75, 3.05) is 7.11 Å².